The van der Waals surface area contributed by atoms with Gasteiger partial charge in [-0.2, -0.15) is 0 Å². The highest BCUT2D eigenvalue weighted by Gasteiger charge is 2.29. The molecule has 2 saturated heterocycles. The van der Waals surface area contributed by atoms with Crippen LogP contribution in [0.5, 0.6) is 0 Å². The molecule has 6 nitrogen and oxygen atoms in total. The molecule has 3 aliphatic rings. The Kier molecular flexibility index (Phi) is 6.92. The minimum atomic E-state index is -0.0780. The van der Waals surface area contributed by atoms with E-state index in [1.165, 1.54) is 12.8 Å². The van der Waals surface area contributed by atoms with Crippen molar-refractivity contribution >= 4 is 11.8 Å². The molecule has 1 N–H and O–H groups in total. The Morgan fingerprint density at radius 1 is 0.962 bits per heavy atom. The van der Waals surface area contributed by atoms with Gasteiger partial charge in [0.25, 0.3) is 0 Å². The first-order valence-corrected chi connectivity index (χ1v) is 10.6. The summed E-state index contributed by atoms with van der Waals surface area (Å²) < 4.78 is 0. The second-order valence-electron chi connectivity index (χ2n) is 8.54. The van der Waals surface area contributed by atoms with Gasteiger partial charge >= 0.3 is 0 Å². The SMILES string of the molecule is CC1CCC(NC(=O)C(C)N2CCN(CC(=O)N3CCCC3)CC2)CC1. The van der Waals surface area contributed by atoms with Crippen LogP contribution in [-0.4, -0.2) is 84.4 Å². The van der Waals surface area contributed by atoms with Crippen molar-refractivity contribution in [1.82, 2.24) is 20.0 Å². The first-order valence-electron chi connectivity index (χ1n) is 10.6. The van der Waals surface area contributed by atoms with Gasteiger partial charge in [-0.05, 0) is 51.4 Å². The third-order valence-corrected chi connectivity index (χ3v) is 6.51. The van der Waals surface area contributed by atoms with E-state index in [0.717, 1.165) is 70.9 Å². The van der Waals surface area contributed by atoms with Crippen LogP contribution in [0.25, 0.3) is 0 Å². The number of piperazine rings is 1. The fraction of sp³-hybridized carbons (Fsp3) is 0.900. The lowest BCUT2D eigenvalue weighted by Crippen LogP contribution is -2.56. The molecule has 0 aromatic heterocycles. The summed E-state index contributed by atoms with van der Waals surface area (Å²) in [5.41, 5.74) is 0. The molecule has 1 aliphatic carbocycles. The zero-order valence-electron chi connectivity index (χ0n) is 16.6. The van der Waals surface area contributed by atoms with Crippen molar-refractivity contribution in [2.45, 2.75) is 64.5 Å². The predicted molar refractivity (Wildman–Crippen MR) is 103 cm³/mol. The Morgan fingerprint density at radius 2 is 1.58 bits per heavy atom. The van der Waals surface area contributed by atoms with Crippen LogP contribution in [0.3, 0.4) is 0 Å². The highest BCUT2D eigenvalue weighted by molar-refractivity contribution is 5.81. The van der Waals surface area contributed by atoms with Crippen LogP contribution in [0, 0.1) is 5.92 Å². The number of amides is 2. The topological polar surface area (TPSA) is 55.9 Å². The second kappa shape index (κ2) is 9.18. The van der Waals surface area contributed by atoms with E-state index in [9.17, 15) is 9.59 Å². The molecule has 148 valence electrons. The smallest absolute Gasteiger partial charge is 0.237 e. The maximum Gasteiger partial charge on any atom is 0.237 e. The monoisotopic (exact) mass is 364 g/mol. The number of likely N-dealkylation sites (tertiary alicyclic amines) is 1. The first kappa shape index (κ1) is 19.6. The summed E-state index contributed by atoms with van der Waals surface area (Å²) in [7, 11) is 0. The Balaban J connectivity index is 1.38. The standard InChI is InChI=1S/C20H36N4O2/c1-16-5-7-18(8-6-16)21-20(26)17(2)23-13-11-22(12-14-23)15-19(25)24-9-3-4-10-24/h16-18H,3-15H2,1-2H3,(H,21,26). The normalized spacial score (nSPS) is 29.5. The van der Waals surface area contributed by atoms with E-state index in [2.05, 4.69) is 22.0 Å². The van der Waals surface area contributed by atoms with Gasteiger partial charge in [0.05, 0.1) is 12.6 Å². The van der Waals surface area contributed by atoms with Crippen molar-refractivity contribution in [2.75, 3.05) is 45.8 Å². The Labute approximate surface area is 158 Å². The average molecular weight is 365 g/mol. The summed E-state index contributed by atoms with van der Waals surface area (Å²) in [5.74, 6) is 1.25. The van der Waals surface area contributed by atoms with Gasteiger partial charge in [0.15, 0.2) is 0 Å². The average Bonchev–Trinajstić information content (AvgIpc) is 3.18. The maximum atomic E-state index is 12.6. The molecule has 26 heavy (non-hydrogen) atoms. The summed E-state index contributed by atoms with van der Waals surface area (Å²) in [6.45, 7) is 10.2. The van der Waals surface area contributed by atoms with E-state index < -0.39 is 0 Å². The molecule has 0 spiro atoms. The van der Waals surface area contributed by atoms with Gasteiger partial charge in [-0.1, -0.05) is 6.92 Å². The van der Waals surface area contributed by atoms with Crippen LogP contribution >= 0.6 is 0 Å². The van der Waals surface area contributed by atoms with Crippen LogP contribution in [-0.2, 0) is 9.59 Å². The summed E-state index contributed by atoms with van der Waals surface area (Å²) in [6.07, 6.45) is 6.97. The van der Waals surface area contributed by atoms with E-state index in [1.54, 1.807) is 0 Å². The third kappa shape index (κ3) is 5.19. The molecule has 6 heteroatoms. The number of nitrogens with one attached hydrogen (secondary N) is 1. The molecule has 1 atom stereocenters. The van der Waals surface area contributed by atoms with Crippen LogP contribution < -0.4 is 5.32 Å². The lowest BCUT2D eigenvalue weighted by atomic mass is 9.87. The number of carbonyl (C=O) groups is 2. The lowest BCUT2D eigenvalue weighted by Gasteiger charge is -2.38. The van der Waals surface area contributed by atoms with Crippen LogP contribution in [0.2, 0.25) is 0 Å². The van der Waals surface area contributed by atoms with Crippen LogP contribution in [0.4, 0.5) is 0 Å². The molecule has 2 heterocycles. The molecule has 3 fully saturated rings. The van der Waals surface area contributed by atoms with Gasteiger partial charge in [0.2, 0.25) is 11.8 Å². The zero-order valence-corrected chi connectivity index (χ0v) is 16.6. The summed E-state index contributed by atoms with van der Waals surface area (Å²) in [5, 5.41) is 3.26. The zero-order chi connectivity index (χ0) is 18.5. The minimum Gasteiger partial charge on any atom is -0.352 e. The fourth-order valence-electron chi connectivity index (χ4n) is 4.46. The van der Waals surface area contributed by atoms with E-state index in [0.29, 0.717) is 12.6 Å². The molecule has 0 aromatic carbocycles. The summed E-state index contributed by atoms with van der Waals surface area (Å²) in [6, 6.07) is 0.284. The molecule has 2 aliphatic heterocycles. The van der Waals surface area contributed by atoms with Crippen molar-refractivity contribution in [3.63, 3.8) is 0 Å². The Bertz CT molecular complexity index is 476. The van der Waals surface area contributed by atoms with E-state index in [1.807, 2.05) is 11.8 Å². The summed E-state index contributed by atoms with van der Waals surface area (Å²) >= 11 is 0. The molecular formula is C20H36N4O2. The minimum absolute atomic E-state index is 0.0780. The van der Waals surface area contributed by atoms with Gasteiger partial charge in [-0.3, -0.25) is 19.4 Å². The van der Waals surface area contributed by atoms with Gasteiger partial charge in [0, 0.05) is 45.3 Å². The highest BCUT2D eigenvalue weighted by atomic mass is 16.2. The molecular weight excluding hydrogens is 328 g/mol. The number of rotatable bonds is 5. The molecule has 0 aromatic rings. The first-order chi connectivity index (χ1) is 12.5. The van der Waals surface area contributed by atoms with E-state index in [4.69, 9.17) is 0 Å². The van der Waals surface area contributed by atoms with Gasteiger partial charge in [-0.15, -0.1) is 0 Å². The van der Waals surface area contributed by atoms with Crippen LogP contribution in [0.15, 0.2) is 0 Å². The Morgan fingerprint density at radius 3 is 2.19 bits per heavy atom. The van der Waals surface area contributed by atoms with Crippen molar-refractivity contribution in [1.29, 1.82) is 0 Å². The second-order valence-corrected chi connectivity index (χ2v) is 8.54. The van der Waals surface area contributed by atoms with Gasteiger partial charge in [0.1, 0.15) is 0 Å². The number of hydrogen-bond acceptors (Lipinski definition) is 4. The molecule has 0 bridgehead atoms. The third-order valence-electron chi connectivity index (χ3n) is 6.51. The maximum absolute atomic E-state index is 12.6. The fourth-order valence-corrected chi connectivity index (χ4v) is 4.46. The number of hydrogen-bond donors (Lipinski definition) is 1. The largest absolute Gasteiger partial charge is 0.352 e. The van der Waals surface area contributed by atoms with E-state index in [-0.39, 0.29) is 17.9 Å². The molecule has 3 rings (SSSR count). The number of carbonyl (C=O) groups excluding carboxylic acids is 2. The van der Waals surface area contributed by atoms with Gasteiger partial charge in [-0.25, -0.2) is 0 Å². The van der Waals surface area contributed by atoms with Crippen molar-refractivity contribution < 1.29 is 9.59 Å². The van der Waals surface area contributed by atoms with Crippen LogP contribution in [0.1, 0.15) is 52.4 Å². The lowest BCUT2D eigenvalue weighted by molar-refractivity contribution is -0.133. The Hall–Kier alpha value is -1.14. The van der Waals surface area contributed by atoms with Crippen molar-refractivity contribution in [3.05, 3.63) is 0 Å². The summed E-state index contributed by atoms with van der Waals surface area (Å²) in [4.78, 5) is 31.4. The molecule has 1 unspecified atom stereocenters. The predicted octanol–water partition coefficient (Wildman–Crippen LogP) is 1.31. The highest BCUT2D eigenvalue weighted by Crippen LogP contribution is 2.23. The van der Waals surface area contributed by atoms with Crippen molar-refractivity contribution in [3.8, 4) is 0 Å². The van der Waals surface area contributed by atoms with Gasteiger partial charge < -0.3 is 10.2 Å². The van der Waals surface area contributed by atoms with Crippen molar-refractivity contribution in [2.24, 2.45) is 5.92 Å². The molecule has 0 radical (unpaired) electrons. The van der Waals surface area contributed by atoms with E-state index >= 15 is 0 Å². The quantitative estimate of drug-likeness (QED) is 0.799. The molecule has 2 amide bonds. The molecule has 1 saturated carbocycles. The number of nitrogens with zero attached hydrogens (tertiary/aromatic N) is 3.